The van der Waals surface area contributed by atoms with E-state index in [1.807, 2.05) is 49.4 Å². The molecule has 0 unspecified atom stereocenters. The molecule has 0 aliphatic carbocycles. The van der Waals surface area contributed by atoms with Crippen LogP contribution in [0.2, 0.25) is 0 Å². The molecule has 1 saturated heterocycles. The summed E-state index contributed by atoms with van der Waals surface area (Å²) in [5, 5.41) is -0.316. The van der Waals surface area contributed by atoms with Crippen molar-refractivity contribution in [3.63, 3.8) is 0 Å². The predicted octanol–water partition coefficient (Wildman–Crippen LogP) is 6.87. The van der Waals surface area contributed by atoms with Gasteiger partial charge in [-0.3, -0.25) is 14.5 Å². The standard InChI is InChI=1S/C32H35NO6S/c1-22-6-11-25(12-7-22)37-17-16-33-30(34)29(40-31(33)35)21-23-8-15-27(28(20-23)36-5)39-19-18-38-26-13-9-24(10-14-26)32(2,3)4/h6-15,20-21H,16-19H2,1-5H3/b29-21-. The number of nitrogens with zero attached hydrogens (tertiary/aromatic N) is 1. The van der Waals surface area contributed by atoms with Gasteiger partial charge in [-0.15, -0.1) is 0 Å². The number of amides is 2. The molecule has 0 aromatic heterocycles. The van der Waals surface area contributed by atoms with Gasteiger partial charge in [-0.05, 0) is 77.7 Å². The molecule has 0 spiro atoms. The number of carbonyl (C=O) groups excluding carboxylic acids is 2. The second kappa shape index (κ2) is 13.0. The van der Waals surface area contributed by atoms with Gasteiger partial charge < -0.3 is 18.9 Å². The maximum Gasteiger partial charge on any atom is 0.293 e. The molecule has 0 bridgehead atoms. The van der Waals surface area contributed by atoms with Gasteiger partial charge in [-0.25, -0.2) is 0 Å². The van der Waals surface area contributed by atoms with Crippen LogP contribution in [0, 0.1) is 6.92 Å². The molecular formula is C32H35NO6S. The van der Waals surface area contributed by atoms with Crippen LogP contribution in [0.1, 0.15) is 37.5 Å². The molecule has 4 rings (SSSR count). The summed E-state index contributed by atoms with van der Waals surface area (Å²) in [6.07, 6.45) is 1.68. The van der Waals surface area contributed by atoms with E-state index in [4.69, 9.17) is 18.9 Å². The van der Waals surface area contributed by atoms with Crippen LogP contribution in [0.4, 0.5) is 4.79 Å². The zero-order valence-corrected chi connectivity index (χ0v) is 24.4. The van der Waals surface area contributed by atoms with Crippen LogP contribution in [0.5, 0.6) is 23.0 Å². The quantitative estimate of drug-likeness (QED) is 0.187. The van der Waals surface area contributed by atoms with Gasteiger partial charge in [-0.1, -0.05) is 56.7 Å². The molecule has 1 heterocycles. The fourth-order valence-corrected chi connectivity index (χ4v) is 4.85. The topological polar surface area (TPSA) is 74.3 Å². The Labute approximate surface area is 240 Å². The number of benzene rings is 3. The van der Waals surface area contributed by atoms with Gasteiger partial charge >= 0.3 is 0 Å². The third-order valence-electron chi connectivity index (χ3n) is 6.29. The highest BCUT2D eigenvalue weighted by Crippen LogP contribution is 2.34. The van der Waals surface area contributed by atoms with E-state index >= 15 is 0 Å². The van der Waals surface area contributed by atoms with Crippen LogP contribution < -0.4 is 18.9 Å². The van der Waals surface area contributed by atoms with E-state index in [0.29, 0.717) is 35.4 Å². The van der Waals surface area contributed by atoms with E-state index in [1.165, 1.54) is 10.5 Å². The largest absolute Gasteiger partial charge is 0.493 e. The van der Waals surface area contributed by atoms with Gasteiger partial charge in [0, 0.05) is 0 Å². The molecule has 40 heavy (non-hydrogen) atoms. The van der Waals surface area contributed by atoms with Gasteiger partial charge in [-0.2, -0.15) is 0 Å². The predicted molar refractivity (Wildman–Crippen MR) is 158 cm³/mol. The minimum Gasteiger partial charge on any atom is -0.493 e. The minimum absolute atomic E-state index is 0.0931. The van der Waals surface area contributed by atoms with Crippen molar-refractivity contribution < 1.29 is 28.5 Å². The zero-order valence-electron chi connectivity index (χ0n) is 23.6. The van der Waals surface area contributed by atoms with E-state index in [0.717, 1.165) is 28.6 Å². The van der Waals surface area contributed by atoms with Crippen molar-refractivity contribution in [2.45, 2.75) is 33.1 Å². The lowest BCUT2D eigenvalue weighted by atomic mass is 9.87. The van der Waals surface area contributed by atoms with E-state index < -0.39 is 0 Å². The fourth-order valence-electron chi connectivity index (χ4n) is 3.99. The third kappa shape index (κ3) is 7.60. The first-order valence-electron chi connectivity index (χ1n) is 13.1. The number of ether oxygens (including phenoxy) is 4. The first-order chi connectivity index (χ1) is 19.1. The van der Waals surface area contributed by atoms with E-state index in [-0.39, 0.29) is 29.7 Å². The summed E-state index contributed by atoms with van der Waals surface area (Å²) in [7, 11) is 1.56. The number of imide groups is 1. The van der Waals surface area contributed by atoms with Crippen LogP contribution in [0.3, 0.4) is 0 Å². The summed E-state index contributed by atoms with van der Waals surface area (Å²) in [6, 6.07) is 21.1. The highest BCUT2D eigenvalue weighted by atomic mass is 32.2. The number of carbonyl (C=O) groups is 2. The molecule has 210 valence electrons. The second-order valence-electron chi connectivity index (χ2n) is 10.4. The molecule has 1 fully saturated rings. The van der Waals surface area contributed by atoms with Crippen LogP contribution >= 0.6 is 11.8 Å². The number of rotatable bonds is 11. The molecule has 8 heteroatoms. The molecule has 1 aliphatic heterocycles. The molecule has 7 nitrogen and oxygen atoms in total. The Hall–Kier alpha value is -3.91. The van der Waals surface area contributed by atoms with Crippen LogP contribution in [0.15, 0.2) is 71.6 Å². The maximum absolute atomic E-state index is 12.9. The number of hydrogen-bond acceptors (Lipinski definition) is 7. The number of methoxy groups -OCH3 is 1. The SMILES string of the molecule is COc1cc(/C=C2\SC(=O)N(CCOc3ccc(C)cc3)C2=O)ccc1OCCOc1ccc(C(C)(C)C)cc1. The fraction of sp³-hybridized carbons (Fsp3) is 0.312. The van der Waals surface area contributed by atoms with Crippen molar-refractivity contribution in [1.82, 2.24) is 4.90 Å². The molecule has 0 N–H and O–H groups in total. The monoisotopic (exact) mass is 561 g/mol. The molecule has 0 radical (unpaired) electrons. The van der Waals surface area contributed by atoms with Crippen LogP contribution in [-0.2, 0) is 10.2 Å². The maximum atomic E-state index is 12.9. The highest BCUT2D eigenvalue weighted by Gasteiger charge is 2.34. The molecule has 2 amide bonds. The smallest absolute Gasteiger partial charge is 0.293 e. The lowest BCUT2D eigenvalue weighted by Crippen LogP contribution is -2.32. The van der Waals surface area contributed by atoms with Crippen molar-refractivity contribution in [2.75, 3.05) is 33.5 Å². The van der Waals surface area contributed by atoms with Crippen molar-refractivity contribution >= 4 is 29.0 Å². The van der Waals surface area contributed by atoms with Crippen LogP contribution in [-0.4, -0.2) is 49.5 Å². The number of thioether (sulfide) groups is 1. The van der Waals surface area contributed by atoms with E-state index in [2.05, 4.69) is 32.9 Å². The van der Waals surface area contributed by atoms with Crippen molar-refractivity contribution in [2.24, 2.45) is 0 Å². The molecule has 0 atom stereocenters. The van der Waals surface area contributed by atoms with Crippen LogP contribution in [0.25, 0.3) is 6.08 Å². The summed E-state index contributed by atoms with van der Waals surface area (Å²) >= 11 is 0.914. The number of hydrogen-bond donors (Lipinski definition) is 0. The van der Waals surface area contributed by atoms with E-state index in [9.17, 15) is 9.59 Å². The highest BCUT2D eigenvalue weighted by molar-refractivity contribution is 8.18. The molecule has 3 aromatic carbocycles. The normalized spacial score (nSPS) is 14.5. The average molecular weight is 562 g/mol. The third-order valence-corrected chi connectivity index (χ3v) is 7.20. The summed E-state index contributed by atoms with van der Waals surface area (Å²) in [6.45, 7) is 9.63. The summed E-state index contributed by atoms with van der Waals surface area (Å²) in [5.74, 6) is 2.23. The average Bonchev–Trinajstić information content (AvgIpc) is 3.19. The molecule has 0 saturated carbocycles. The Balaban J connectivity index is 1.30. The minimum atomic E-state index is -0.338. The Morgan fingerprint density at radius 2 is 1.43 bits per heavy atom. The van der Waals surface area contributed by atoms with Gasteiger partial charge in [0.2, 0.25) is 0 Å². The van der Waals surface area contributed by atoms with Crippen molar-refractivity contribution in [3.05, 3.63) is 88.3 Å². The van der Waals surface area contributed by atoms with Gasteiger partial charge in [0.1, 0.15) is 31.3 Å². The van der Waals surface area contributed by atoms with Gasteiger partial charge in [0.25, 0.3) is 11.1 Å². The molecular weight excluding hydrogens is 526 g/mol. The lowest BCUT2D eigenvalue weighted by Gasteiger charge is -2.19. The zero-order chi connectivity index (χ0) is 28.7. The Bertz CT molecular complexity index is 1360. The Morgan fingerprint density at radius 3 is 2.08 bits per heavy atom. The first-order valence-corrected chi connectivity index (χ1v) is 13.9. The Kier molecular flexibility index (Phi) is 9.42. The number of aryl methyl sites for hydroxylation is 1. The van der Waals surface area contributed by atoms with Crippen molar-refractivity contribution in [1.29, 1.82) is 0 Å². The molecule has 1 aliphatic rings. The summed E-state index contributed by atoms with van der Waals surface area (Å²) in [4.78, 5) is 26.9. The lowest BCUT2D eigenvalue weighted by molar-refractivity contribution is -0.123. The summed E-state index contributed by atoms with van der Waals surface area (Å²) < 4.78 is 22.9. The molecule has 3 aromatic rings. The van der Waals surface area contributed by atoms with Gasteiger partial charge in [0.15, 0.2) is 11.5 Å². The van der Waals surface area contributed by atoms with Crippen molar-refractivity contribution in [3.8, 4) is 23.0 Å². The second-order valence-corrected chi connectivity index (χ2v) is 11.4. The van der Waals surface area contributed by atoms with E-state index in [1.54, 1.807) is 25.3 Å². The summed E-state index contributed by atoms with van der Waals surface area (Å²) in [5.41, 5.74) is 3.19. The van der Waals surface area contributed by atoms with Gasteiger partial charge in [0.05, 0.1) is 18.6 Å². The Morgan fingerprint density at radius 1 is 0.800 bits per heavy atom. The first kappa shape index (κ1) is 29.1.